The van der Waals surface area contributed by atoms with Gasteiger partial charge in [0.05, 0.1) is 22.8 Å². The van der Waals surface area contributed by atoms with Gasteiger partial charge in [-0.25, -0.2) is 0 Å². The number of amides is 2. The molecule has 10 heteroatoms. The van der Waals surface area contributed by atoms with Crippen LogP contribution in [-0.4, -0.2) is 32.9 Å². The lowest BCUT2D eigenvalue weighted by atomic mass is 10.1. The van der Waals surface area contributed by atoms with E-state index in [0.717, 1.165) is 45.0 Å². The van der Waals surface area contributed by atoms with Gasteiger partial charge in [0.2, 0.25) is 11.8 Å². The quantitative estimate of drug-likeness (QED) is 0.137. The van der Waals surface area contributed by atoms with Gasteiger partial charge in [-0.05, 0) is 60.4 Å². The summed E-state index contributed by atoms with van der Waals surface area (Å²) in [4.78, 5) is 49.8. The van der Waals surface area contributed by atoms with Crippen LogP contribution in [0.2, 0.25) is 0 Å². The van der Waals surface area contributed by atoms with Gasteiger partial charge in [-0.3, -0.25) is 19.2 Å². The van der Waals surface area contributed by atoms with Crippen LogP contribution < -0.4 is 10.6 Å². The highest BCUT2D eigenvalue weighted by Gasteiger charge is 2.29. The van der Waals surface area contributed by atoms with Crippen LogP contribution in [0, 0.1) is 0 Å². The van der Waals surface area contributed by atoms with Gasteiger partial charge in [0.15, 0.2) is 0 Å². The van der Waals surface area contributed by atoms with Crippen molar-refractivity contribution in [1.29, 1.82) is 0 Å². The van der Waals surface area contributed by atoms with Gasteiger partial charge in [-0.15, -0.1) is 0 Å². The topological polar surface area (TPSA) is 121 Å². The number of ether oxygens (including phenoxy) is 2. The molecule has 10 nitrogen and oxygen atoms in total. The maximum absolute atomic E-state index is 12.7. The monoisotopic (exact) mass is 720 g/mol. The number of carbonyl (C=O) groups is 4. The second kappa shape index (κ2) is 16.8. The Balaban J connectivity index is 0.000000167. The smallest absolute Gasteiger partial charge is 0.306 e. The Hall–Kier alpha value is -6.68. The lowest BCUT2D eigenvalue weighted by Crippen LogP contribution is -2.25. The third-order valence-electron chi connectivity index (χ3n) is 9.49. The number of para-hydroxylation sites is 2. The number of nitrogens with zero attached hydrogens (tertiary/aromatic N) is 2. The molecule has 2 aromatic heterocycles. The fraction of sp³-hybridized carbons (Fsp3) is 0.182. The summed E-state index contributed by atoms with van der Waals surface area (Å²) >= 11 is 0. The summed E-state index contributed by atoms with van der Waals surface area (Å²) in [7, 11) is 0. The highest BCUT2D eigenvalue weighted by Crippen LogP contribution is 2.36. The average molecular weight is 721 g/mol. The van der Waals surface area contributed by atoms with Gasteiger partial charge in [0.1, 0.15) is 25.3 Å². The molecular weight excluding hydrogens is 681 g/mol. The molecule has 0 unspecified atom stereocenters. The molecule has 0 radical (unpaired) electrons. The largest absolute Gasteiger partial charge is 0.461 e. The van der Waals surface area contributed by atoms with E-state index in [2.05, 4.69) is 10.6 Å². The minimum absolute atomic E-state index is 0.117. The summed E-state index contributed by atoms with van der Waals surface area (Å²) in [5.41, 5.74) is 7.35. The van der Waals surface area contributed by atoms with Crippen LogP contribution in [-0.2, 0) is 41.9 Å². The number of esters is 2. The summed E-state index contributed by atoms with van der Waals surface area (Å²) in [6.45, 7) is 0.494. The molecular formula is C44H40N4O6. The molecule has 0 spiro atoms. The minimum atomic E-state index is -0.452. The van der Waals surface area contributed by atoms with E-state index in [9.17, 15) is 19.2 Å². The predicted molar refractivity (Wildman–Crippen MR) is 206 cm³/mol. The standard InChI is InChI=1S/2C22H20N2O3/c2*25-21(27-15-16-7-2-1-3-8-16)13-12-20-22(26)23-18-10-5-4-9-17(18)19-11-6-14-24(19)20/h2*1-11,14,20H,12-13,15H2,(H,23,26)/t2*20-/m10/s1. The zero-order valence-electron chi connectivity index (χ0n) is 29.6. The molecule has 4 aromatic carbocycles. The van der Waals surface area contributed by atoms with Crippen LogP contribution in [0.15, 0.2) is 146 Å². The predicted octanol–water partition coefficient (Wildman–Crippen LogP) is 8.34. The van der Waals surface area contributed by atoms with E-state index >= 15 is 0 Å². The third-order valence-corrected chi connectivity index (χ3v) is 9.49. The van der Waals surface area contributed by atoms with Crippen molar-refractivity contribution < 1.29 is 28.7 Å². The number of hydrogen-bond acceptors (Lipinski definition) is 6. The minimum Gasteiger partial charge on any atom is -0.461 e. The van der Waals surface area contributed by atoms with E-state index in [1.54, 1.807) is 0 Å². The van der Waals surface area contributed by atoms with Crippen molar-refractivity contribution in [3.63, 3.8) is 0 Å². The molecule has 272 valence electrons. The van der Waals surface area contributed by atoms with Crippen molar-refractivity contribution in [1.82, 2.24) is 9.13 Å². The number of anilines is 2. The number of hydrogen-bond donors (Lipinski definition) is 2. The maximum atomic E-state index is 12.7. The number of nitrogens with one attached hydrogen (secondary N) is 2. The van der Waals surface area contributed by atoms with E-state index < -0.39 is 12.1 Å². The van der Waals surface area contributed by atoms with Crippen molar-refractivity contribution >= 4 is 35.1 Å². The molecule has 54 heavy (non-hydrogen) atoms. The van der Waals surface area contributed by atoms with Crippen molar-refractivity contribution in [2.75, 3.05) is 10.6 Å². The summed E-state index contributed by atoms with van der Waals surface area (Å²) in [6, 6.07) is 41.5. The average Bonchev–Trinajstić information content (AvgIpc) is 3.84. The summed E-state index contributed by atoms with van der Waals surface area (Å²) in [5.74, 6) is -0.842. The number of aromatic nitrogens is 2. The molecule has 0 aliphatic carbocycles. The van der Waals surface area contributed by atoms with Crippen LogP contribution >= 0.6 is 0 Å². The maximum Gasteiger partial charge on any atom is 0.306 e. The summed E-state index contributed by atoms with van der Waals surface area (Å²) in [5, 5.41) is 5.95. The molecule has 0 fully saturated rings. The van der Waals surface area contributed by atoms with E-state index in [-0.39, 0.29) is 49.8 Å². The van der Waals surface area contributed by atoms with Gasteiger partial charge in [0, 0.05) is 36.4 Å². The van der Waals surface area contributed by atoms with Crippen molar-refractivity contribution in [3.8, 4) is 22.5 Å². The Morgan fingerprint density at radius 1 is 0.500 bits per heavy atom. The Bertz CT molecular complexity index is 2080. The molecule has 2 aliphatic heterocycles. The first-order valence-corrected chi connectivity index (χ1v) is 18.0. The van der Waals surface area contributed by atoms with Crippen LogP contribution in [0.1, 0.15) is 48.9 Å². The summed E-state index contributed by atoms with van der Waals surface area (Å²) < 4.78 is 14.5. The van der Waals surface area contributed by atoms with Crippen LogP contribution in [0.4, 0.5) is 11.4 Å². The lowest BCUT2D eigenvalue weighted by molar-refractivity contribution is -0.146. The molecule has 2 amide bonds. The third kappa shape index (κ3) is 8.34. The van der Waals surface area contributed by atoms with Crippen LogP contribution in [0.3, 0.4) is 0 Å². The van der Waals surface area contributed by atoms with Gasteiger partial charge in [-0.1, -0.05) is 97.1 Å². The Morgan fingerprint density at radius 2 is 0.889 bits per heavy atom. The Labute approximate surface area is 313 Å². The van der Waals surface area contributed by atoms with E-state index in [4.69, 9.17) is 9.47 Å². The first-order chi connectivity index (χ1) is 26.4. The second-order valence-corrected chi connectivity index (χ2v) is 13.1. The highest BCUT2D eigenvalue weighted by atomic mass is 16.5. The fourth-order valence-corrected chi connectivity index (χ4v) is 6.77. The molecule has 2 N–H and O–H groups in total. The number of rotatable bonds is 10. The van der Waals surface area contributed by atoms with Gasteiger partial charge in [0.25, 0.3) is 0 Å². The van der Waals surface area contributed by atoms with E-state index in [0.29, 0.717) is 12.8 Å². The molecule has 0 saturated carbocycles. The second-order valence-electron chi connectivity index (χ2n) is 13.1. The molecule has 8 rings (SSSR count). The van der Waals surface area contributed by atoms with Crippen molar-refractivity contribution in [2.24, 2.45) is 0 Å². The zero-order chi connectivity index (χ0) is 37.3. The number of carbonyl (C=O) groups excluding carboxylic acids is 4. The number of fused-ring (bicyclic) bond motifs is 6. The molecule has 4 heterocycles. The van der Waals surface area contributed by atoms with Crippen LogP contribution in [0.5, 0.6) is 0 Å². The SMILES string of the molecule is O=C(CC[C@@H]1C(=O)Nc2ccccc2-c2cccn21)OCc1ccccc1.O=C(CC[C@H]1C(=O)Nc2ccccc2-c2cccn21)OCc1ccccc1. The first kappa shape index (κ1) is 35.7. The zero-order valence-corrected chi connectivity index (χ0v) is 29.6. The molecule has 0 bridgehead atoms. The molecule has 2 atom stereocenters. The molecule has 0 saturated heterocycles. The highest BCUT2D eigenvalue weighted by molar-refractivity contribution is 6.00. The van der Waals surface area contributed by atoms with Crippen molar-refractivity contribution in [2.45, 2.75) is 51.0 Å². The normalized spacial score (nSPS) is 15.3. The molecule has 6 aromatic rings. The Kier molecular flexibility index (Phi) is 11.1. The lowest BCUT2D eigenvalue weighted by Gasteiger charge is -2.17. The van der Waals surface area contributed by atoms with Crippen LogP contribution in [0.25, 0.3) is 22.5 Å². The fourth-order valence-electron chi connectivity index (χ4n) is 6.77. The summed E-state index contributed by atoms with van der Waals surface area (Å²) in [6.07, 6.45) is 4.90. The Morgan fingerprint density at radius 3 is 1.31 bits per heavy atom. The number of benzene rings is 4. The van der Waals surface area contributed by atoms with E-state index in [1.165, 1.54) is 0 Å². The van der Waals surface area contributed by atoms with Gasteiger partial charge >= 0.3 is 11.9 Å². The van der Waals surface area contributed by atoms with E-state index in [1.807, 2.05) is 155 Å². The van der Waals surface area contributed by atoms with Gasteiger partial charge < -0.3 is 29.2 Å². The van der Waals surface area contributed by atoms with Gasteiger partial charge in [-0.2, -0.15) is 0 Å². The van der Waals surface area contributed by atoms with Crippen molar-refractivity contribution in [3.05, 3.63) is 157 Å². The molecule has 2 aliphatic rings. The first-order valence-electron chi connectivity index (χ1n) is 18.0.